The van der Waals surface area contributed by atoms with E-state index in [1.165, 1.54) is 0 Å². The topological polar surface area (TPSA) is 62.2 Å². The van der Waals surface area contributed by atoms with Crippen LogP contribution < -0.4 is 5.32 Å². The number of amides is 1. The Morgan fingerprint density at radius 1 is 1.26 bits per heavy atom. The summed E-state index contributed by atoms with van der Waals surface area (Å²) in [4.78, 5) is 16.3. The van der Waals surface area contributed by atoms with Crippen molar-refractivity contribution in [2.45, 2.75) is 18.9 Å². The minimum Gasteiger partial charge on any atom is -0.375 e. The molecule has 96 valence electrons. The van der Waals surface area contributed by atoms with Crippen LogP contribution in [0.1, 0.15) is 16.8 Å². The number of nitrogens with one attached hydrogen (secondary N) is 1. The van der Waals surface area contributed by atoms with E-state index in [0.29, 0.717) is 11.3 Å². The number of carbonyl (C=O) groups excluding carboxylic acids is 1. The molecular formula is C15H14N2O2. The molecule has 1 amide bonds. The van der Waals surface area contributed by atoms with E-state index in [1.807, 2.05) is 31.2 Å². The van der Waals surface area contributed by atoms with E-state index < -0.39 is 11.5 Å². The summed E-state index contributed by atoms with van der Waals surface area (Å²) >= 11 is 0. The first kappa shape index (κ1) is 11.9. The number of benzene rings is 1. The molecule has 0 saturated carbocycles. The molecule has 2 aromatic rings. The quantitative estimate of drug-likeness (QED) is 0.858. The number of nitrogens with zero attached hydrogens (tertiary/aromatic N) is 1. The molecule has 4 nitrogen and oxygen atoms in total. The van der Waals surface area contributed by atoms with Gasteiger partial charge >= 0.3 is 0 Å². The maximum Gasteiger partial charge on any atom is 0.261 e. The van der Waals surface area contributed by atoms with Gasteiger partial charge in [0.15, 0.2) is 5.60 Å². The number of hydrogen-bond donors (Lipinski definition) is 2. The third-order valence-corrected chi connectivity index (χ3v) is 3.54. The summed E-state index contributed by atoms with van der Waals surface area (Å²) in [5.74, 6) is -0.390. The number of aliphatic hydroxyl groups is 1. The number of para-hydroxylation sites is 1. The SMILES string of the molecule is Cc1cccnc1CC1(O)C(=O)Nc2ccccc21. The zero-order chi connectivity index (χ0) is 13.5. The second-order valence-corrected chi connectivity index (χ2v) is 4.80. The highest BCUT2D eigenvalue weighted by Crippen LogP contribution is 2.38. The van der Waals surface area contributed by atoms with Crippen LogP contribution in [0.5, 0.6) is 0 Å². The Balaban J connectivity index is 2.04. The van der Waals surface area contributed by atoms with Crippen molar-refractivity contribution in [3.63, 3.8) is 0 Å². The standard InChI is InChI=1S/C15H14N2O2/c1-10-5-4-8-16-13(10)9-15(19)11-6-2-3-7-12(11)17-14(15)18/h2-8,19H,9H2,1H3,(H,17,18). The molecule has 0 bridgehead atoms. The number of aromatic nitrogens is 1. The summed E-state index contributed by atoms with van der Waals surface area (Å²) in [6, 6.07) is 11.0. The van der Waals surface area contributed by atoms with E-state index in [4.69, 9.17) is 0 Å². The lowest BCUT2D eigenvalue weighted by Crippen LogP contribution is -2.36. The van der Waals surface area contributed by atoms with Crippen LogP contribution >= 0.6 is 0 Å². The number of fused-ring (bicyclic) bond motifs is 1. The van der Waals surface area contributed by atoms with Crippen molar-refractivity contribution < 1.29 is 9.90 Å². The van der Waals surface area contributed by atoms with Gasteiger partial charge in [0.1, 0.15) is 0 Å². The highest BCUT2D eigenvalue weighted by atomic mass is 16.3. The molecule has 1 aromatic heterocycles. The second-order valence-electron chi connectivity index (χ2n) is 4.80. The zero-order valence-corrected chi connectivity index (χ0v) is 10.6. The normalized spacial score (nSPS) is 21.1. The van der Waals surface area contributed by atoms with Crippen molar-refractivity contribution in [2.75, 3.05) is 5.32 Å². The molecule has 0 fully saturated rings. The summed E-state index contributed by atoms with van der Waals surface area (Å²) in [5.41, 5.74) is 1.45. The number of anilines is 1. The second kappa shape index (κ2) is 4.17. The van der Waals surface area contributed by atoms with Crippen LogP contribution in [-0.2, 0) is 16.8 Å². The predicted molar refractivity (Wildman–Crippen MR) is 71.6 cm³/mol. The highest BCUT2D eigenvalue weighted by Gasteiger charge is 2.45. The van der Waals surface area contributed by atoms with Gasteiger partial charge < -0.3 is 10.4 Å². The zero-order valence-electron chi connectivity index (χ0n) is 10.6. The minimum atomic E-state index is -1.53. The van der Waals surface area contributed by atoms with E-state index in [1.54, 1.807) is 18.3 Å². The van der Waals surface area contributed by atoms with E-state index in [0.717, 1.165) is 11.3 Å². The average Bonchev–Trinajstić information content (AvgIpc) is 2.65. The van der Waals surface area contributed by atoms with Gasteiger partial charge in [-0.2, -0.15) is 0 Å². The van der Waals surface area contributed by atoms with Crippen LogP contribution in [0.2, 0.25) is 0 Å². The van der Waals surface area contributed by atoms with Crippen LogP contribution in [0.25, 0.3) is 0 Å². The van der Waals surface area contributed by atoms with Crippen LogP contribution in [-0.4, -0.2) is 16.0 Å². The van der Waals surface area contributed by atoms with Gasteiger partial charge in [0.05, 0.1) is 0 Å². The lowest BCUT2D eigenvalue weighted by molar-refractivity contribution is -0.133. The monoisotopic (exact) mass is 254 g/mol. The van der Waals surface area contributed by atoms with E-state index in [-0.39, 0.29) is 6.42 Å². The van der Waals surface area contributed by atoms with Gasteiger partial charge in [-0.3, -0.25) is 9.78 Å². The fourth-order valence-electron chi connectivity index (χ4n) is 2.42. The molecule has 0 radical (unpaired) electrons. The smallest absolute Gasteiger partial charge is 0.261 e. The van der Waals surface area contributed by atoms with Crippen molar-refractivity contribution in [1.82, 2.24) is 4.98 Å². The van der Waals surface area contributed by atoms with Crippen molar-refractivity contribution in [1.29, 1.82) is 0 Å². The first-order valence-corrected chi connectivity index (χ1v) is 6.15. The minimum absolute atomic E-state index is 0.183. The molecule has 1 atom stereocenters. The van der Waals surface area contributed by atoms with Gasteiger partial charge in [0.2, 0.25) is 0 Å². The summed E-state index contributed by atoms with van der Waals surface area (Å²) in [7, 11) is 0. The Morgan fingerprint density at radius 3 is 2.84 bits per heavy atom. The largest absolute Gasteiger partial charge is 0.375 e. The Bertz CT molecular complexity index is 654. The van der Waals surface area contributed by atoms with Crippen molar-refractivity contribution in [2.24, 2.45) is 0 Å². The average molecular weight is 254 g/mol. The van der Waals surface area contributed by atoms with Gasteiger partial charge in [-0.05, 0) is 24.6 Å². The maximum absolute atomic E-state index is 12.1. The van der Waals surface area contributed by atoms with Crippen LogP contribution in [0.3, 0.4) is 0 Å². The Kier molecular flexibility index (Phi) is 2.61. The molecule has 4 heteroatoms. The van der Waals surface area contributed by atoms with E-state index in [9.17, 15) is 9.90 Å². The molecule has 0 spiro atoms. The first-order valence-electron chi connectivity index (χ1n) is 6.15. The molecule has 2 heterocycles. The highest BCUT2D eigenvalue weighted by molar-refractivity contribution is 6.05. The van der Waals surface area contributed by atoms with Crippen molar-refractivity contribution in [3.8, 4) is 0 Å². The van der Waals surface area contributed by atoms with Gasteiger partial charge in [-0.25, -0.2) is 0 Å². The molecule has 1 aromatic carbocycles. The van der Waals surface area contributed by atoms with Gasteiger partial charge in [0.25, 0.3) is 5.91 Å². The molecule has 2 N–H and O–H groups in total. The molecule has 1 aliphatic rings. The van der Waals surface area contributed by atoms with Gasteiger partial charge in [-0.1, -0.05) is 24.3 Å². The van der Waals surface area contributed by atoms with E-state index >= 15 is 0 Å². The summed E-state index contributed by atoms with van der Waals surface area (Å²) in [6.07, 6.45) is 1.85. The molecular weight excluding hydrogens is 240 g/mol. The van der Waals surface area contributed by atoms with Crippen LogP contribution in [0, 0.1) is 6.92 Å². The number of hydrogen-bond acceptors (Lipinski definition) is 3. The number of carbonyl (C=O) groups is 1. The Morgan fingerprint density at radius 2 is 2.05 bits per heavy atom. The fourth-order valence-corrected chi connectivity index (χ4v) is 2.42. The van der Waals surface area contributed by atoms with Crippen LogP contribution in [0.15, 0.2) is 42.6 Å². The molecule has 3 rings (SSSR count). The van der Waals surface area contributed by atoms with Crippen molar-refractivity contribution >= 4 is 11.6 Å². The molecule has 1 unspecified atom stereocenters. The molecule has 0 aliphatic carbocycles. The van der Waals surface area contributed by atoms with Crippen molar-refractivity contribution in [3.05, 3.63) is 59.4 Å². The third kappa shape index (κ3) is 1.81. The predicted octanol–water partition coefficient (Wildman–Crippen LogP) is 1.77. The number of rotatable bonds is 2. The molecule has 1 aliphatic heterocycles. The number of aryl methyl sites for hydroxylation is 1. The first-order chi connectivity index (χ1) is 9.11. The maximum atomic E-state index is 12.1. The van der Waals surface area contributed by atoms with E-state index in [2.05, 4.69) is 10.3 Å². The summed E-state index contributed by atoms with van der Waals surface area (Å²) in [5, 5.41) is 13.4. The molecule has 19 heavy (non-hydrogen) atoms. The third-order valence-electron chi connectivity index (χ3n) is 3.54. The summed E-state index contributed by atoms with van der Waals surface area (Å²) in [6.45, 7) is 1.92. The lowest BCUT2D eigenvalue weighted by atomic mass is 9.89. The Hall–Kier alpha value is -2.20. The van der Waals surface area contributed by atoms with Gasteiger partial charge in [0, 0.05) is 29.6 Å². The Labute approximate surface area is 111 Å². The molecule has 0 saturated heterocycles. The summed E-state index contributed by atoms with van der Waals surface area (Å²) < 4.78 is 0. The fraction of sp³-hybridized carbons (Fsp3) is 0.200. The number of pyridine rings is 1. The van der Waals surface area contributed by atoms with Gasteiger partial charge in [-0.15, -0.1) is 0 Å². The van der Waals surface area contributed by atoms with Crippen LogP contribution in [0.4, 0.5) is 5.69 Å². The lowest BCUT2D eigenvalue weighted by Gasteiger charge is -2.21.